The fraction of sp³-hybridized carbons (Fsp3) is 0.690. The van der Waals surface area contributed by atoms with E-state index in [1.165, 1.54) is 17.9 Å². The van der Waals surface area contributed by atoms with Crippen molar-refractivity contribution in [3.05, 3.63) is 29.3 Å². The van der Waals surface area contributed by atoms with Gasteiger partial charge in [0.1, 0.15) is 22.6 Å². The first-order chi connectivity index (χ1) is 18.4. The number of ether oxygens (including phenoxy) is 3. The second-order valence-electron chi connectivity index (χ2n) is 11.8. The summed E-state index contributed by atoms with van der Waals surface area (Å²) in [4.78, 5) is 40.1. The molecule has 0 spiro atoms. The summed E-state index contributed by atoms with van der Waals surface area (Å²) in [6, 6.07) is 3.06. The van der Waals surface area contributed by atoms with Crippen molar-refractivity contribution in [1.29, 1.82) is 0 Å². The molecule has 0 unspecified atom stereocenters. The molecule has 0 bridgehead atoms. The predicted octanol–water partition coefficient (Wildman–Crippen LogP) is 6.51. The first kappa shape index (κ1) is 33.4. The Labute approximate surface area is 234 Å². The van der Waals surface area contributed by atoms with Crippen LogP contribution in [0, 0.1) is 0 Å². The van der Waals surface area contributed by atoms with E-state index in [-0.39, 0.29) is 24.5 Å². The topological polar surface area (TPSA) is 94.2 Å². The summed E-state index contributed by atoms with van der Waals surface area (Å²) in [5, 5.41) is 2.38. The maximum Gasteiger partial charge on any atom is 0.419 e. The van der Waals surface area contributed by atoms with Crippen LogP contribution in [-0.4, -0.2) is 59.3 Å². The highest BCUT2D eigenvalue weighted by Gasteiger charge is 2.56. The highest BCUT2D eigenvalue weighted by molar-refractivity contribution is 6.00. The lowest BCUT2D eigenvalue weighted by Crippen LogP contribution is -2.60. The Morgan fingerprint density at radius 1 is 1.02 bits per heavy atom. The van der Waals surface area contributed by atoms with Crippen molar-refractivity contribution in [3.63, 3.8) is 0 Å². The van der Waals surface area contributed by atoms with E-state index in [9.17, 15) is 27.6 Å². The lowest BCUT2D eigenvalue weighted by molar-refractivity contribution is -0.139. The number of alkyl halides is 3. The molecule has 2 amide bonds. The number of carbonyl (C=O) groups excluding carboxylic acids is 3. The average molecular weight is 573 g/mol. The van der Waals surface area contributed by atoms with Gasteiger partial charge in [0.05, 0.1) is 25.3 Å². The van der Waals surface area contributed by atoms with Crippen molar-refractivity contribution in [2.75, 3.05) is 19.8 Å². The van der Waals surface area contributed by atoms with E-state index in [0.717, 1.165) is 38.2 Å². The minimum absolute atomic E-state index is 0.139. The van der Waals surface area contributed by atoms with Gasteiger partial charge in [-0.1, -0.05) is 39.0 Å². The van der Waals surface area contributed by atoms with E-state index < -0.39 is 52.9 Å². The van der Waals surface area contributed by atoms with Crippen LogP contribution in [-0.2, 0) is 20.4 Å². The van der Waals surface area contributed by atoms with Gasteiger partial charge >= 0.3 is 12.3 Å². The Bertz CT molecular complexity index is 1050. The van der Waals surface area contributed by atoms with Crippen molar-refractivity contribution in [2.24, 2.45) is 0 Å². The second kappa shape index (κ2) is 13.2. The molecular formula is C29H43F3N2O6. The molecule has 0 saturated carbocycles. The van der Waals surface area contributed by atoms with Crippen LogP contribution in [0.25, 0.3) is 0 Å². The number of carbonyl (C=O) groups is 3. The second-order valence-corrected chi connectivity index (χ2v) is 11.8. The molecule has 0 aliphatic carbocycles. The summed E-state index contributed by atoms with van der Waals surface area (Å²) >= 11 is 0. The minimum atomic E-state index is -4.74. The number of nitrogens with one attached hydrogen (secondary N) is 1. The number of amides is 2. The Hall–Kier alpha value is -2.82. The molecule has 1 aromatic rings. The number of benzene rings is 1. The third-order valence-corrected chi connectivity index (χ3v) is 6.63. The van der Waals surface area contributed by atoms with Crippen LogP contribution >= 0.6 is 0 Å². The molecule has 40 heavy (non-hydrogen) atoms. The predicted molar refractivity (Wildman–Crippen MR) is 144 cm³/mol. The van der Waals surface area contributed by atoms with Gasteiger partial charge in [-0.25, -0.2) is 4.79 Å². The molecule has 226 valence electrons. The molecule has 1 aliphatic heterocycles. The van der Waals surface area contributed by atoms with Crippen molar-refractivity contribution in [3.8, 4) is 5.75 Å². The highest BCUT2D eigenvalue weighted by Crippen LogP contribution is 2.38. The van der Waals surface area contributed by atoms with Gasteiger partial charge in [0.2, 0.25) is 0 Å². The van der Waals surface area contributed by atoms with E-state index in [0.29, 0.717) is 12.5 Å². The van der Waals surface area contributed by atoms with Crippen LogP contribution in [0.3, 0.4) is 0 Å². The van der Waals surface area contributed by atoms with Crippen LogP contribution in [0.15, 0.2) is 18.2 Å². The summed E-state index contributed by atoms with van der Waals surface area (Å²) in [6.07, 6.45) is 0.309. The molecule has 8 nitrogen and oxygen atoms in total. The van der Waals surface area contributed by atoms with Gasteiger partial charge in [0.25, 0.3) is 5.91 Å². The third-order valence-electron chi connectivity index (χ3n) is 6.63. The number of ketones is 1. The Morgan fingerprint density at radius 3 is 2.25 bits per heavy atom. The number of halogens is 3. The molecule has 1 fully saturated rings. The molecule has 1 aromatic carbocycles. The lowest BCUT2D eigenvalue weighted by atomic mass is 9.95. The SMILES string of the molecule is CCCCCCCCOc1ccc(C(=O)NCC(=O)[C@]2(C)COC(C)(C)N2C(=O)OC(C)(C)C)cc1C(F)(F)F. The van der Waals surface area contributed by atoms with Crippen LogP contribution in [0.2, 0.25) is 0 Å². The van der Waals surface area contributed by atoms with Gasteiger partial charge < -0.3 is 19.5 Å². The molecule has 1 aliphatic rings. The number of nitrogens with zero attached hydrogens (tertiary/aromatic N) is 1. The summed E-state index contributed by atoms with van der Waals surface area (Å²) in [5.74, 6) is -1.78. The van der Waals surface area contributed by atoms with Crippen LogP contribution in [0.5, 0.6) is 5.75 Å². The maximum atomic E-state index is 13.8. The zero-order valence-corrected chi connectivity index (χ0v) is 24.6. The van der Waals surface area contributed by atoms with Gasteiger partial charge in [0.15, 0.2) is 5.78 Å². The largest absolute Gasteiger partial charge is 0.493 e. The van der Waals surface area contributed by atoms with E-state index in [4.69, 9.17) is 14.2 Å². The normalized spacial score (nSPS) is 18.9. The molecule has 0 radical (unpaired) electrons. The van der Waals surface area contributed by atoms with E-state index >= 15 is 0 Å². The number of Topliss-reactive ketones (excluding diaryl/α,β-unsaturated/α-hetero) is 1. The van der Waals surface area contributed by atoms with Crippen molar-refractivity contribution >= 4 is 17.8 Å². The first-order valence-electron chi connectivity index (χ1n) is 13.7. The number of hydrogen-bond donors (Lipinski definition) is 1. The minimum Gasteiger partial charge on any atom is -0.493 e. The van der Waals surface area contributed by atoms with Crippen LogP contribution in [0.1, 0.15) is 103 Å². The first-order valence-corrected chi connectivity index (χ1v) is 13.7. The average Bonchev–Trinajstić information content (AvgIpc) is 3.09. The summed E-state index contributed by atoms with van der Waals surface area (Å²) in [7, 11) is 0. The Balaban J connectivity index is 2.09. The zero-order valence-electron chi connectivity index (χ0n) is 24.6. The van der Waals surface area contributed by atoms with Crippen LogP contribution in [0.4, 0.5) is 18.0 Å². The van der Waals surface area contributed by atoms with Gasteiger partial charge in [-0.2, -0.15) is 13.2 Å². The number of unbranched alkanes of at least 4 members (excludes halogenated alkanes) is 5. The molecular weight excluding hydrogens is 529 g/mol. The van der Waals surface area contributed by atoms with Gasteiger partial charge in [-0.05, 0) is 66.2 Å². The van der Waals surface area contributed by atoms with E-state index in [2.05, 4.69) is 12.2 Å². The third kappa shape index (κ3) is 8.84. The molecule has 1 N–H and O–H groups in total. The van der Waals surface area contributed by atoms with Gasteiger partial charge in [-0.15, -0.1) is 0 Å². The molecule has 1 saturated heterocycles. The summed E-state index contributed by atoms with van der Waals surface area (Å²) < 4.78 is 57.8. The molecule has 1 atom stereocenters. The monoisotopic (exact) mass is 572 g/mol. The van der Waals surface area contributed by atoms with Crippen LogP contribution < -0.4 is 10.1 Å². The lowest BCUT2D eigenvalue weighted by Gasteiger charge is -2.39. The van der Waals surface area contributed by atoms with Gasteiger partial charge in [-0.3, -0.25) is 14.5 Å². The smallest absolute Gasteiger partial charge is 0.419 e. The van der Waals surface area contributed by atoms with Gasteiger partial charge in [0, 0.05) is 5.56 Å². The molecule has 1 heterocycles. The molecule has 2 rings (SSSR count). The standard InChI is InChI=1S/C29H43F3N2O6/c1-8-9-10-11-12-13-16-38-22-15-14-20(17-21(22)29(30,31)32)24(36)33-18-23(35)28(7)19-39-27(5,6)34(28)25(37)40-26(2,3)4/h14-15,17H,8-13,16,18-19H2,1-7H3,(H,33,36)/t28-/m0/s1. The number of rotatable bonds is 12. The maximum absolute atomic E-state index is 13.8. The van der Waals surface area contributed by atoms with Crippen molar-refractivity contribution in [2.45, 2.75) is 110 Å². The zero-order chi connectivity index (χ0) is 30.4. The molecule has 11 heteroatoms. The molecule has 0 aromatic heterocycles. The Kier molecular flexibility index (Phi) is 11.0. The van der Waals surface area contributed by atoms with E-state index in [1.807, 2.05) is 0 Å². The fourth-order valence-corrected chi connectivity index (χ4v) is 4.51. The summed E-state index contributed by atoms with van der Waals surface area (Å²) in [6.45, 7) is 11.4. The highest BCUT2D eigenvalue weighted by atomic mass is 19.4. The Morgan fingerprint density at radius 2 is 1.65 bits per heavy atom. The van der Waals surface area contributed by atoms with Crippen molar-refractivity contribution < 1.29 is 41.8 Å². The number of hydrogen-bond acceptors (Lipinski definition) is 6. The van der Waals surface area contributed by atoms with E-state index in [1.54, 1.807) is 34.6 Å². The quantitative estimate of drug-likeness (QED) is 0.287. The fourth-order valence-electron chi connectivity index (χ4n) is 4.51. The van der Waals surface area contributed by atoms with Crippen molar-refractivity contribution in [1.82, 2.24) is 10.2 Å². The summed E-state index contributed by atoms with van der Waals surface area (Å²) in [5.41, 5.74) is -4.79.